The number of nitrogens with one attached hydrogen (secondary N) is 1. The third kappa shape index (κ3) is 4.37. The number of hydrazone groups is 1. The number of methoxy groups -OCH3 is 2. The number of halogens is 1. The smallest absolute Gasteiger partial charge is 0.337 e. The van der Waals surface area contributed by atoms with Gasteiger partial charge < -0.3 is 14.6 Å². The lowest BCUT2D eigenvalue weighted by Gasteiger charge is -2.09. The minimum absolute atomic E-state index is 0. The first kappa shape index (κ1) is 18.3. The Morgan fingerprint density at radius 1 is 1.13 bits per heavy atom. The van der Waals surface area contributed by atoms with E-state index in [-0.39, 0.29) is 18.0 Å². The molecule has 0 spiro atoms. The largest absolute Gasteiger partial charge is 0.493 e. The zero-order valence-electron chi connectivity index (χ0n) is 12.6. The van der Waals surface area contributed by atoms with Crippen LogP contribution in [0.15, 0.2) is 47.6 Å². The summed E-state index contributed by atoms with van der Waals surface area (Å²) in [6.07, 6.45) is 1.54. The van der Waals surface area contributed by atoms with Crippen molar-refractivity contribution in [3.05, 3.63) is 53.6 Å². The van der Waals surface area contributed by atoms with Gasteiger partial charge >= 0.3 is 5.97 Å². The molecule has 6 nitrogen and oxygen atoms in total. The van der Waals surface area contributed by atoms with Gasteiger partial charge in [0, 0.05) is 5.56 Å². The van der Waals surface area contributed by atoms with Gasteiger partial charge in [-0.2, -0.15) is 5.10 Å². The number of carbonyl (C=O) groups is 1. The van der Waals surface area contributed by atoms with Crippen LogP contribution in [-0.2, 0) is 0 Å². The monoisotopic (exact) mass is 336 g/mol. The van der Waals surface area contributed by atoms with Crippen LogP contribution in [0.2, 0.25) is 0 Å². The molecule has 0 radical (unpaired) electrons. The summed E-state index contributed by atoms with van der Waals surface area (Å²) in [5.41, 5.74) is 3.99. The fourth-order valence-electron chi connectivity index (χ4n) is 1.95. The first-order valence-electron chi connectivity index (χ1n) is 6.49. The number of ether oxygens (including phenoxy) is 2. The van der Waals surface area contributed by atoms with E-state index < -0.39 is 5.97 Å². The molecule has 0 aliphatic rings. The van der Waals surface area contributed by atoms with Gasteiger partial charge in [-0.3, -0.25) is 5.43 Å². The normalized spacial score (nSPS) is 10.0. The van der Waals surface area contributed by atoms with Crippen molar-refractivity contribution in [2.45, 2.75) is 0 Å². The fraction of sp³-hybridized carbons (Fsp3) is 0.125. The summed E-state index contributed by atoms with van der Waals surface area (Å²) in [7, 11) is 3.10. The molecule has 0 saturated carbocycles. The number of hydrogen-bond donors (Lipinski definition) is 2. The van der Waals surface area contributed by atoms with E-state index in [9.17, 15) is 4.79 Å². The lowest BCUT2D eigenvalue weighted by molar-refractivity contribution is 0.0698. The van der Waals surface area contributed by atoms with Crippen LogP contribution in [0.4, 0.5) is 5.69 Å². The van der Waals surface area contributed by atoms with Crippen LogP contribution in [0.3, 0.4) is 0 Å². The Morgan fingerprint density at radius 2 is 1.87 bits per heavy atom. The molecule has 2 aromatic carbocycles. The maximum atomic E-state index is 11.1. The molecule has 0 fully saturated rings. The Labute approximate surface area is 140 Å². The first-order valence-corrected chi connectivity index (χ1v) is 6.49. The zero-order valence-corrected chi connectivity index (χ0v) is 13.5. The molecule has 0 bridgehead atoms. The summed E-state index contributed by atoms with van der Waals surface area (Å²) in [5, 5.41) is 13.2. The molecule has 0 unspecified atom stereocenters. The summed E-state index contributed by atoms with van der Waals surface area (Å²) in [6, 6.07) is 11.9. The second-order valence-corrected chi connectivity index (χ2v) is 4.30. The van der Waals surface area contributed by atoms with Gasteiger partial charge in [0.2, 0.25) is 0 Å². The molecule has 0 aliphatic heterocycles. The summed E-state index contributed by atoms with van der Waals surface area (Å²) >= 11 is 0. The van der Waals surface area contributed by atoms with E-state index in [0.29, 0.717) is 22.7 Å². The van der Waals surface area contributed by atoms with Crippen LogP contribution in [0.1, 0.15) is 15.9 Å². The Bertz CT molecular complexity index is 704. The van der Waals surface area contributed by atoms with Crippen LogP contribution in [0.5, 0.6) is 11.5 Å². The standard InChI is InChI=1S/C16H16N2O4.ClH/c1-21-14-9-5-6-11(15(14)22-2)10-17-18-13-8-4-3-7-12(13)16(19)20;/h3-10,18H,1-2H3,(H,19,20);1H/b17-10+;. The van der Waals surface area contributed by atoms with Crippen molar-refractivity contribution in [2.24, 2.45) is 5.10 Å². The third-order valence-corrected chi connectivity index (χ3v) is 2.98. The predicted octanol–water partition coefficient (Wildman–Crippen LogP) is 3.27. The van der Waals surface area contributed by atoms with E-state index in [1.807, 2.05) is 12.1 Å². The Morgan fingerprint density at radius 3 is 2.52 bits per heavy atom. The van der Waals surface area contributed by atoms with Gasteiger partial charge in [0.25, 0.3) is 0 Å². The van der Waals surface area contributed by atoms with Crippen LogP contribution in [0, 0.1) is 0 Å². The molecule has 2 aromatic rings. The Balaban J connectivity index is 0.00000264. The first-order chi connectivity index (χ1) is 10.7. The number of anilines is 1. The summed E-state index contributed by atoms with van der Waals surface area (Å²) in [5.74, 6) is 0.136. The molecule has 122 valence electrons. The molecule has 0 amide bonds. The Hall–Kier alpha value is -2.73. The minimum Gasteiger partial charge on any atom is -0.493 e. The van der Waals surface area contributed by atoms with Crippen molar-refractivity contribution >= 4 is 30.3 Å². The third-order valence-electron chi connectivity index (χ3n) is 2.98. The molecule has 2 rings (SSSR count). The van der Waals surface area contributed by atoms with E-state index in [0.717, 1.165) is 0 Å². The highest BCUT2D eigenvalue weighted by Crippen LogP contribution is 2.29. The molecular formula is C16H17ClN2O4. The SMILES string of the molecule is COc1cccc(/C=N/Nc2ccccc2C(=O)O)c1OC.Cl. The summed E-state index contributed by atoms with van der Waals surface area (Å²) in [4.78, 5) is 11.1. The van der Waals surface area contributed by atoms with Crippen molar-refractivity contribution in [2.75, 3.05) is 19.6 Å². The van der Waals surface area contributed by atoms with E-state index in [1.165, 1.54) is 6.07 Å². The average Bonchev–Trinajstić information content (AvgIpc) is 2.54. The maximum absolute atomic E-state index is 11.1. The van der Waals surface area contributed by atoms with Gasteiger partial charge in [-0.15, -0.1) is 12.4 Å². The highest BCUT2D eigenvalue weighted by atomic mass is 35.5. The number of carboxylic acid groups (broad SMARTS) is 1. The van der Waals surface area contributed by atoms with Crippen molar-refractivity contribution in [1.29, 1.82) is 0 Å². The molecule has 0 aromatic heterocycles. The number of aromatic carboxylic acids is 1. The van der Waals surface area contributed by atoms with Crippen LogP contribution in [0.25, 0.3) is 0 Å². The molecule has 0 heterocycles. The number of hydrogen-bond acceptors (Lipinski definition) is 5. The van der Waals surface area contributed by atoms with E-state index in [2.05, 4.69) is 10.5 Å². The molecule has 0 aliphatic carbocycles. The summed E-state index contributed by atoms with van der Waals surface area (Å²) in [6.45, 7) is 0. The van der Waals surface area contributed by atoms with Gasteiger partial charge in [-0.05, 0) is 24.3 Å². The molecule has 2 N–H and O–H groups in total. The molecule has 0 saturated heterocycles. The van der Waals surface area contributed by atoms with E-state index >= 15 is 0 Å². The molecule has 7 heteroatoms. The number of carboxylic acids is 1. The highest BCUT2D eigenvalue weighted by Gasteiger charge is 2.09. The Kier molecular flexibility index (Phi) is 6.89. The van der Waals surface area contributed by atoms with Crippen LogP contribution >= 0.6 is 12.4 Å². The fourth-order valence-corrected chi connectivity index (χ4v) is 1.95. The minimum atomic E-state index is -1.02. The lowest BCUT2D eigenvalue weighted by Crippen LogP contribution is -2.02. The predicted molar refractivity (Wildman–Crippen MR) is 91.4 cm³/mol. The van der Waals surface area contributed by atoms with Crippen molar-refractivity contribution in [3.63, 3.8) is 0 Å². The average molecular weight is 337 g/mol. The zero-order chi connectivity index (χ0) is 15.9. The number of benzene rings is 2. The highest BCUT2D eigenvalue weighted by molar-refractivity contribution is 5.94. The molecular weight excluding hydrogens is 320 g/mol. The van der Waals surface area contributed by atoms with Crippen LogP contribution < -0.4 is 14.9 Å². The van der Waals surface area contributed by atoms with Crippen molar-refractivity contribution in [3.8, 4) is 11.5 Å². The summed E-state index contributed by atoms with van der Waals surface area (Å²) < 4.78 is 10.5. The maximum Gasteiger partial charge on any atom is 0.337 e. The quantitative estimate of drug-likeness (QED) is 0.625. The molecule has 0 atom stereocenters. The van der Waals surface area contributed by atoms with Gasteiger partial charge in [-0.25, -0.2) is 4.79 Å². The van der Waals surface area contributed by atoms with Gasteiger partial charge in [0.1, 0.15) is 0 Å². The van der Waals surface area contributed by atoms with E-state index in [4.69, 9.17) is 14.6 Å². The van der Waals surface area contributed by atoms with E-state index in [1.54, 1.807) is 44.7 Å². The number of para-hydroxylation sites is 2. The topological polar surface area (TPSA) is 80.2 Å². The number of nitrogens with zero attached hydrogens (tertiary/aromatic N) is 1. The van der Waals surface area contributed by atoms with Gasteiger partial charge in [0.05, 0.1) is 31.7 Å². The van der Waals surface area contributed by atoms with Crippen molar-refractivity contribution in [1.82, 2.24) is 0 Å². The second-order valence-electron chi connectivity index (χ2n) is 4.30. The molecule has 23 heavy (non-hydrogen) atoms. The number of rotatable bonds is 6. The van der Waals surface area contributed by atoms with Crippen LogP contribution in [-0.4, -0.2) is 31.5 Å². The van der Waals surface area contributed by atoms with Crippen molar-refractivity contribution < 1.29 is 19.4 Å². The second kappa shape index (κ2) is 8.65. The van der Waals surface area contributed by atoms with Gasteiger partial charge in [-0.1, -0.05) is 18.2 Å². The van der Waals surface area contributed by atoms with Gasteiger partial charge in [0.15, 0.2) is 11.5 Å². The lowest BCUT2D eigenvalue weighted by atomic mass is 10.2.